The monoisotopic (exact) mass is 387 g/mol. The number of hydrogen-bond donors (Lipinski definition) is 1. The van der Waals surface area contributed by atoms with Gasteiger partial charge in [0.05, 0.1) is 5.92 Å². The molecule has 1 amide bonds. The van der Waals surface area contributed by atoms with Crippen LogP contribution >= 0.6 is 11.6 Å². The van der Waals surface area contributed by atoms with E-state index >= 15 is 0 Å². The first-order chi connectivity index (χ1) is 12.8. The molecule has 1 atom stereocenters. The zero-order chi connectivity index (χ0) is 20.0. The lowest BCUT2D eigenvalue weighted by Crippen LogP contribution is -2.26. The molecular weight excluding hydrogens is 366 g/mol. The molecule has 0 saturated carbocycles. The summed E-state index contributed by atoms with van der Waals surface area (Å²) in [4.78, 5) is 35.8. The normalized spacial score (nSPS) is 11.7. The Balaban J connectivity index is 1.95. The van der Waals surface area contributed by atoms with Gasteiger partial charge in [-0.05, 0) is 54.8 Å². The fraction of sp³-hybridized carbons (Fsp3) is 0.286. The summed E-state index contributed by atoms with van der Waals surface area (Å²) in [5, 5.41) is 3.22. The van der Waals surface area contributed by atoms with Crippen LogP contribution in [0.5, 0.6) is 0 Å². The molecule has 142 valence electrons. The van der Waals surface area contributed by atoms with Gasteiger partial charge < -0.3 is 10.1 Å². The molecule has 0 aliphatic heterocycles. The summed E-state index contributed by atoms with van der Waals surface area (Å²) in [5.41, 5.74) is 1.88. The number of halogens is 1. The molecule has 1 N–H and O–H groups in total. The maximum Gasteiger partial charge on any atom is 0.314 e. The Labute approximate surface area is 163 Å². The van der Waals surface area contributed by atoms with Crippen molar-refractivity contribution in [3.63, 3.8) is 0 Å². The maximum atomic E-state index is 12.5. The number of amides is 1. The SMILES string of the molecule is CC(=O)c1ccc(NC(=O)COC(=O)[C@@H](c2ccc(Cl)cc2)C(C)C)cc1. The standard InChI is InChI=1S/C21H22ClNO4/c1-13(2)20(16-4-8-17(22)9-5-16)21(26)27-12-19(25)23-18-10-6-15(7-11-18)14(3)24/h4-11,13,20H,12H2,1-3H3,(H,23,25)/t20-/m1/s1. The number of carbonyl (C=O) groups is 3. The van der Waals surface area contributed by atoms with Gasteiger partial charge in [0.15, 0.2) is 12.4 Å². The molecule has 0 radical (unpaired) electrons. The molecule has 0 spiro atoms. The van der Waals surface area contributed by atoms with Gasteiger partial charge >= 0.3 is 5.97 Å². The summed E-state index contributed by atoms with van der Waals surface area (Å²) >= 11 is 5.89. The number of nitrogens with one attached hydrogen (secondary N) is 1. The molecule has 0 heterocycles. The quantitative estimate of drug-likeness (QED) is 0.562. The van der Waals surface area contributed by atoms with E-state index in [0.717, 1.165) is 5.56 Å². The molecule has 0 unspecified atom stereocenters. The number of ketones is 1. The highest BCUT2D eigenvalue weighted by Gasteiger charge is 2.26. The average Bonchev–Trinajstić information content (AvgIpc) is 2.62. The van der Waals surface area contributed by atoms with E-state index in [2.05, 4.69) is 5.32 Å². The van der Waals surface area contributed by atoms with Crippen LogP contribution < -0.4 is 5.32 Å². The first-order valence-corrected chi connectivity index (χ1v) is 8.98. The fourth-order valence-corrected chi connectivity index (χ4v) is 2.80. The first kappa shape index (κ1) is 20.6. The summed E-state index contributed by atoms with van der Waals surface area (Å²) in [6.07, 6.45) is 0. The van der Waals surface area contributed by atoms with E-state index in [4.69, 9.17) is 16.3 Å². The lowest BCUT2D eigenvalue weighted by Gasteiger charge is -2.20. The minimum absolute atomic E-state index is 0.000798. The van der Waals surface area contributed by atoms with Crippen LogP contribution in [0, 0.1) is 5.92 Å². The number of carbonyl (C=O) groups excluding carboxylic acids is 3. The van der Waals surface area contributed by atoms with Gasteiger partial charge in [-0.15, -0.1) is 0 Å². The van der Waals surface area contributed by atoms with Crippen molar-refractivity contribution in [2.45, 2.75) is 26.7 Å². The Morgan fingerprint density at radius 1 is 1.00 bits per heavy atom. The third-order valence-corrected chi connectivity index (χ3v) is 4.32. The van der Waals surface area contributed by atoms with E-state index in [9.17, 15) is 14.4 Å². The maximum absolute atomic E-state index is 12.5. The summed E-state index contributed by atoms with van der Waals surface area (Å²) in [6.45, 7) is 4.91. The molecular formula is C21H22ClNO4. The van der Waals surface area contributed by atoms with E-state index in [1.807, 2.05) is 13.8 Å². The lowest BCUT2D eigenvalue weighted by atomic mass is 9.88. The number of anilines is 1. The summed E-state index contributed by atoms with van der Waals surface area (Å²) < 4.78 is 5.21. The Hall–Kier alpha value is -2.66. The second-order valence-electron chi connectivity index (χ2n) is 6.56. The average molecular weight is 388 g/mol. The Kier molecular flexibility index (Phi) is 7.13. The zero-order valence-electron chi connectivity index (χ0n) is 15.5. The van der Waals surface area contributed by atoms with Gasteiger partial charge in [-0.25, -0.2) is 0 Å². The van der Waals surface area contributed by atoms with Crippen molar-refractivity contribution in [2.75, 3.05) is 11.9 Å². The predicted molar refractivity (Wildman–Crippen MR) is 105 cm³/mol. The van der Waals surface area contributed by atoms with Crippen molar-refractivity contribution in [1.29, 1.82) is 0 Å². The fourth-order valence-electron chi connectivity index (χ4n) is 2.68. The molecule has 2 aromatic carbocycles. The van der Waals surface area contributed by atoms with Crippen LogP contribution in [0.2, 0.25) is 5.02 Å². The lowest BCUT2D eigenvalue weighted by molar-refractivity contribution is -0.149. The summed E-state index contributed by atoms with van der Waals surface area (Å²) in [6, 6.07) is 13.5. The molecule has 5 nitrogen and oxygen atoms in total. The van der Waals surface area contributed by atoms with Crippen LogP contribution in [0.25, 0.3) is 0 Å². The van der Waals surface area contributed by atoms with Gasteiger partial charge in [-0.1, -0.05) is 37.6 Å². The van der Waals surface area contributed by atoms with Crippen molar-refractivity contribution in [1.82, 2.24) is 0 Å². The molecule has 0 aliphatic rings. The predicted octanol–water partition coefficient (Wildman–Crippen LogP) is 4.46. The summed E-state index contributed by atoms with van der Waals surface area (Å²) in [7, 11) is 0. The molecule has 0 saturated heterocycles. The Bertz CT molecular complexity index is 813. The summed E-state index contributed by atoms with van der Waals surface area (Å²) in [5.74, 6) is -1.44. The largest absolute Gasteiger partial charge is 0.455 e. The van der Waals surface area contributed by atoms with E-state index in [1.165, 1.54) is 6.92 Å². The molecule has 0 bridgehead atoms. The third kappa shape index (κ3) is 5.93. The smallest absolute Gasteiger partial charge is 0.314 e. The van der Waals surface area contributed by atoms with Crippen molar-refractivity contribution >= 4 is 34.9 Å². The van der Waals surface area contributed by atoms with Crippen LogP contribution in [0.1, 0.15) is 42.6 Å². The van der Waals surface area contributed by atoms with E-state index in [1.54, 1.807) is 48.5 Å². The van der Waals surface area contributed by atoms with Crippen molar-refractivity contribution in [3.8, 4) is 0 Å². The Morgan fingerprint density at radius 3 is 2.11 bits per heavy atom. The highest BCUT2D eigenvalue weighted by molar-refractivity contribution is 6.30. The molecule has 2 rings (SSSR count). The van der Waals surface area contributed by atoms with Gasteiger partial charge in [0.2, 0.25) is 0 Å². The van der Waals surface area contributed by atoms with Crippen LogP contribution in [-0.2, 0) is 14.3 Å². The second-order valence-corrected chi connectivity index (χ2v) is 7.00. The van der Waals surface area contributed by atoms with Crippen molar-refractivity contribution in [2.24, 2.45) is 5.92 Å². The number of Topliss-reactive ketones (excluding diaryl/α,β-unsaturated/α-hetero) is 1. The molecule has 2 aromatic rings. The highest BCUT2D eigenvalue weighted by atomic mass is 35.5. The molecule has 0 aliphatic carbocycles. The van der Waals surface area contributed by atoms with Gasteiger partial charge in [-0.2, -0.15) is 0 Å². The first-order valence-electron chi connectivity index (χ1n) is 8.61. The van der Waals surface area contributed by atoms with Crippen LogP contribution in [0.3, 0.4) is 0 Å². The van der Waals surface area contributed by atoms with Crippen LogP contribution in [-0.4, -0.2) is 24.3 Å². The van der Waals surface area contributed by atoms with Gasteiger partial charge in [0.1, 0.15) is 0 Å². The van der Waals surface area contributed by atoms with E-state index < -0.39 is 17.8 Å². The van der Waals surface area contributed by atoms with Gasteiger partial charge in [-0.3, -0.25) is 14.4 Å². The van der Waals surface area contributed by atoms with Crippen molar-refractivity contribution < 1.29 is 19.1 Å². The number of esters is 1. The second kappa shape index (κ2) is 9.33. The van der Waals surface area contributed by atoms with E-state index in [0.29, 0.717) is 16.3 Å². The van der Waals surface area contributed by atoms with Gasteiger partial charge in [0.25, 0.3) is 5.91 Å². The number of benzene rings is 2. The number of rotatable bonds is 7. The number of hydrogen-bond acceptors (Lipinski definition) is 4. The van der Waals surface area contributed by atoms with Gasteiger partial charge in [0, 0.05) is 16.3 Å². The minimum atomic E-state index is -0.482. The molecule has 6 heteroatoms. The molecule has 0 fully saturated rings. The highest BCUT2D eigenvalue weighted by Crippen LogP contribution is 2.27. The topological polar surface area (TPSA) is 72.5 Å². The minimum Gasteiger partial charge on any atom is -0.455 e. The third-order valence-electron chi connectivity index (χ3n) is 4.07. The zero-order valence-corrected chi connectivity index (χ0v) is 16.2. The Morgan fingerprint density at radius 2 is 1.59 bits per heavy atom. The molecule has 0 aromatic heterocycles. The van der Waals surface area contributed by atoms with Crippen LogP contribution in [0.4, 0.5) is 5.69 Å². The van der Waals surface area contributed by atoms with Crippen LogP contribution in [0.15, 0.2) is 48.5 Å². The van der Waals surface area contributed by atoms with E-state index in [-0.39, 0.29) is 18.3 Å². The van der Waals surface area contributed by atoms with Crippen molar-refractivity contribution in [3.05, 3.63) is 64.7 Å². The number of ether oxygens (including phenoxy) is 1. The molecule has 27 heavy (non-hydrogen) atoms.